The second kappa shape index (κ2) is 5.12. The summed E-state index contributed by atoms with van der Waals surface area (Å²) in [6.07, 6.45) is 3.24. The first-order valence-corrected chi connectivity index (χ1v) is 7.17. The van der Waals surface area contributed by atoms with Crippen molar-refractivity contribution in [2.45, 2.75) is 0 Å². The van der Waals surface area contributed by atoms with Gasteiger partial charge in [-0.1, -0.05) is 23.2 Å². The molecule has 5 nitrogen and oxygen atoms in total. The van der Waals surface area contributed by atoms with E-state index in [1.807, 2.05) is 18.2 Å². The van der Waals surface area contributed by atoms with Crippen LogP contribution in [0.3, 0.4) is 0 Å². The first kappa shape index (κ1) is 13.3. The smallest absolute Gasteiger partial charge is 0.228 e. The van der Waals surface area contributed by atoms with Gasteiger partial charge in [0.05, 0.1) is 16.3 Å². The van der Waals surface area contributed by atoms with Crippen molar-refractivity contribution in [3.05, 3.63) is 59.1 Å². The Morgan fingerprint density at radius 2 is 1.77 bits per heavy atom. The monoisotopic (exact) mass is 330 g/mol. The molecule has 0 aliphatic heterocycles. The van der Waals surface area contributed by atoms with Crippen LogP contribution >= 0.6 is 23.2 Å². The Morgan fingerprint density at radius 1 is 0.955 bits per heavy atom. The zero-order valence-electron chi connectivity index (χ0n) is 11.1. The fourth-order valence-corrected chi connectivity index (χ4v) is 2.56. The van der Waals surface area contributed by atoms with E-state index >= 15 is 0 Å². The number of nitrogens with zero attached hydrogens (tertiary/aromatic N) is 4. The predicted octanol–water partition coefficient (Wildman–Crippen LogP) is 4.38. The molecule has 0 N–H and O–H groups in total. The van der Waals surface area contributed by atoms with Gasteiger partial charge in [0.2, 0.25) is 5.89 Å². The van der Waals surface area contributed by atoms with Gasteiger partial charge >= 0.3 is 0 Å². The number of hydrogen-bond acceptors (Lipinski definition) is 4. The fourth-order valence-electron chi connectivity index (χ4n) is 2.19. The van der Waals surface area contributed by atoms with Gasteiger partial charge in [0.1, 0.15) is 18.2 Å². The Labute approximate surface area is 135 Å². The average Bonchev–Trinajstić information content (AvgIpc) is 3.17. The molecule has 0 saturated heterocycles. The van der Waals surface area contributed by atoms with Crippen molar-refractivity contribution in [3.8, 4) is 17.1 Å². The maximum absolute atomic E-state index is 6.19. The van der Waals surface area contributed by atoms with E-state index in [0.717, 1.165) is 11.2 Å². The lowest BCUT2D eigenvalue weighted by Gasteiger charge is -1.99. The molecule has 0 aliphatic rings. The van der Waals surface area contributed by atoms with Gasteiger partial charge in [-0.2, -0.15) is 0 Å². The minimum Gasteiger partial charge on any atom is -0.436 e. The predicted molar refractivity (Wildman–Crippen MR) is 84.4 cm³/mol. The Bertz CT molecular complexity index is 963. The molecule has 0 unspecified atom stereocenters. The highest BCUT2D eigenvalue weighted by atomic mass is 35.5. The van der Waals surface area contributed by atoms with Gasteiger partial charge in [0.15, 0.2) is 5.58 Å². The van der Waals surface area contributed by atoms with Gasteiger partial charge in [-0.25, -0.2) is 4.98 Å². The van der Waals surface area contributed by atoms with E-state index in [9.17, 15) is 0 Å². The van der Waals surface area contributed by atoms with Gasteiger partial charge in [-0.05, 0) is 36.4 Å². The number of halogens is 2. The highest BCUT2D eigenvalue weighted by Crippen LogP contribution is 2.32. The highest BCUT2D eigenvalue weighted by molar-refractivity contribution is 6.35. The van der Waals surface area contributed by atoms with Crippen LogP contribution in [0, 0.1) is 0 Å². The summed E-state index contributed by atoms with van der Waals surface area (Å²) in [6, 6.07) is 10.8. The quantitative estimate of drug-likeness (QED) is 0.547. The summed E-state index contributed by atoms with van der Waals surface area (Å²) in [5.74, 6) is 0.434. The Balaban J connectivity index is 1.85. The standard InChI is InChI=1S/C15H8Cl2N4O/c16-9-1-3-12(17)11(5-9)15-20-13-6-10(2-4-14(13)22-15)21-7-18-19-8-21/h1-8H. The van der Waals surface area contributed by atoms with Crippen LogP contribution in [0.15, 0.2) is 53.5 Å². The van der Waals surface area contributed by atoms with Crippen molar-refractivity contribution < 1.29 is 4.42 Å². The third kappa shape index (κ3) is 2.24. The zero-order valence-corrected chi connectivity index (χ0v) is 12.6. The summed E-state index contributed by atoms with van der Waals surface area (Å²) in [5, 5.41) is 8.69. The molecule has 2 aromatic carbocycles. The SMILES string of the molecule is Clc1ccc(Cl)c(-c2nc3cc(-n4cnnc4)ccc3o2)c1. The molecule has 108 valence electrons. The van der Waals surface area contributed by atoms with E-state index in [4.69, 9.17) is 27.6 Å². The van der Waals surface area contributed by atoms with Crippen LogP contribution in [0.5, 0.6) is 0 Å². The minimum atomic E-state index is 0.434. The molecule has 4 aromatic rings. The first-order valence-electron chi connectivity index (χ1n) is 6.42. The van der Waals surface area contributed by atoms with Gasteiger partial charge in [0.25, 0.3) is 0 Å². The molecule has 0 fully saturated rings. The number of rotatable bonds is 2. The van der Waals surface area contributed by atoms with Gasteiger partial charge in [-0.3, -0.25) is 4.57 Å². The molecule has 7 heteroatoms. The van der Waals surface area contributed by atoms with E-state index in [2.05, 4.69) is 15.2 Å². The summed E-state index contributed by atoms with van der Waals surface area (Å²) in [6.45, 7) is 0. The van der Waals surface area contributed by atoms with Crippen molar-refractivity contribution >= 4 is 34.3 Å². The largest absolute Gasteiger partial charge is 0.436 e. The lowest BCUT2D eigenvalue weighted by Crippen LogP contribution is -1.88. The van der Waals surface area contributed by atoms with Crippen LogP contribution in [0.4, 0.5) is 0 Å². The molecule has 2 heterocycles. The van der Waals surface area contributed by atoms with Gasteiger partial charge in [-0.15, -0.1) is 10.2 Å². The molecule has 0 atom stereocenters. The number of hydrogen-bond donors (Lipinski definition) is 0. The molecule has 22 heavy (non-hydrogen) atoms. The van der Waals surface area contributed by atoms with Crippen LogP contribution in [-0.2, 0) is 0 Å². The second-order valence-corrected chi connectivity index (χ2v) is 5.51. The van der Waals surface area contributed by atoms with E-state index in [0.29, 0.717) is 27.1 Å². The summed E-state index contributed by atoms with van der Waals surface area (Å²) < 4.78 is 7.56. The summed E-state index contributed by atoms with van der Waals surface area (Å²) in [5.41, 5.74) is 2.95. The third-order valence-electron chi connectivity index (χ3n) is 3.25. The van der Waals surface area contributed by atoms with Crippen LogP contribution in [0.1, 0.15) is 0 Å². The molecule has 0 amide bonds. The number of benzene rings is 2. The average molecular weight is 331 g/mol. The number of oxazole rings is 1. The molecule has 4 rings (SSSR count). The Morgan fingerprint density at radius 3 is 2.59 bits per heavy atom. The van der Waals surface area contributed by atoms with E-state index < -0.39 is 0 Å². The molecule has 2 aromatic heterocycles. The minimum absolute atomic E-state index is 0.434. The molecule has 0 aliphatic carbocycles. The lowest BCUT2D eigenvalue weighted by atomic mass is 10.2. The van der Waals surface area contributed by atoms with E-state index in [-0.39, 0.29) is 0 Å². The maximum Gasteiger partial charge on any atom is 0.228 e. The normalized spacial score (nSPS) is 11.2. The van der Waals surface area contributed by atoms with Crippen LogP contribution < -0.4 is 0 Å². The molecule has 0 radical (unpaired) electrons. The fraction of sp³-hybridized carbons (Fsp3) is 0. The molecule has 0 bridgehead atoms. The zero-order chi connectivity index (χ0) is 15.1. The molecule has 0 saturated carbocycles. The third-order valence-corrected chi connectivity index (χ3v) is 3.81. The Hall–Kier alpha value is -2.37. The van der Waals surface area contributed by atoms with Crippen molar-refractivity contribution in [2.24, 2.45) is 0 Å². The molecular weight excluding hydrogens is 323 g/mol. The van der Waals surface area contributed by atoms with Gasteiger partial charge < -0.3 is 4.42 Å². The summed E-state index contributed by atoms with van der Waals surface area (Å²) >= 11 is 12.2. The molecule has 0 spiro atoms. The van der Waals surface area contributed by atoms with Crippen LogP contribution in [-0.4, -0.2) is 19.7 Å². The van der Waals surface area contributed by atoms with Crippen molar-refractivity contribution in [3.63, 3.8) is 0 Å². The second-order valence-electron chi connectivity index (χ2n) is 4.66. The van der Waals surface area contributed by atoms with E-state index in [1.54, 1.807) is 35.4 Å². The first-order chi connectivity index (χ1) is 10.7. The van der Waals surface area contributed by atoms with Crippen molar-refractivity contribution in [2.75, 3.05) is 0 Å². The number of fused-ring (bicyclic) bond motifs is 1. The van der Waals surface area contributed by atoms with Crippen LogP contribution in [0.2, 0.25) is 10.0 Å². The highest BCUT2D eigenvalue weighted by Gasteiger charge is 2.13. The van der Waals surface area contributed by atoms with Crippen molar-refractivity contribution in [1.82, 2.24) is 19.7 Å². The Kier molecular flexibility index (Phi) is 3.10. The number of aromatic nitrogens is 4. The van der Waals surface area contributed by atoms with Crippen LogP contribution in [0.25, 0.3) is 28.2 Å². The van der Waals surface area contributed by atoms with E-state index in [1.165, 1.54) is 0 Å². The lowest BCUT2D eigenvalue weighted by molar-refractivity contribution is 0.620. The van der Waals surface area contributed by atoms with Gasteiger partial charge in [0, 0.05) is 5.02 Å². The van der Waals surface area contributed by atoms with Crippen molar-refractivity contribution in [1.29, 1.82) is 0 Å². The topological polar surface area (TPSA) is 56.7 Å². The summed E-state index contributed by atoms with van der Waals surface area (Å²) in [7, 11) is 0. The maximum atomic E-state index is 6.19. The molecular formula is C15H8Cl2N4O. The summed E-state index contributed by atoms with van der Waals surface area (Å²) in [4.78, 5) is 4.49.